The van der Waals surface area contributed by atoms with Gasteiger partial charge in [-0.3, -0.25) is 9.69 Å². The van der Waals surface area contributed by atoms with Crippen LogP contribution in [-0.2, 0) is 4.74 Å². The smallest absolute Gasteiger partial charge is 0.257 e. The van der Waals surface area contributed by atoms with Crippen LogP contribution in [0.1, 0.15) is 41.6 Å². The van der Waals surface area contributed by atoms with Gasteiger partial charge in [0.1, 0.15) is 5.82 Å². The van der Waals surface area contributed by atoms with Crippen molar-refractivity contribution < 1.29 is 13.9 Å². The van der Waals surface area contributed by atoms with Gasteiger partial charge in [-0.25, -0.2) is 4.39 Å². The lowest BCUT2D eigenvalue weighted by Gasteiger charge is -2.37. The van der Waals surface area contributed by atoms with Crippen molar-refractivity contribution in [2.45, 2.75) is 38.6 Å². The summed E-state index contributed by atoms with van der Waals surface area (Å²) in [5, 5.41) is 0. The molecule has 1 atom stereocenters. The molecule has 0 N–H and O–H groups in total. The monoisotopic (exact) mass is 334 g/mol. The molecule has 132 valence electrons. The zero-order valence-corrected chi connectivity index (χ0v) is 14.5. The van der Waals surface area contributed by atoms with Crippen LogP contribution in [-0.4, -0.2) is 61.1 Å². The maximum Gasteiger partial charge on any atom is 0.257 e. The molecule has 3 rings (SSSR count). The van der Waals surface area contributed by atoms with Gasteiger partial charge in [0, 0.05) is 32.2 Å². The fourth-order valence-electron chi connectivity index (χ4n) is 3.67. The third-order valence-electron chi connectivity index (χ3n) is 5.13. The van der Waals surface area contributed by atoms with Crippen LogP contribution in [0.5, 0.6) is 0 Å². The molecule has 4 nitrogen and oxygen atoms in total. The summed E-state index contributed by atoms with van der Waals surface area (Å²) in [4.78, 5) is 17.1. The standard InChI is InChI=1S/C19H27FN2O2/c1-15-5-6-17(18(20)14-15)19(23)22-8-3-2-4-16(22)7-9-21-10-12-24-13-11-21/h5-6,14,16H,2-4,7-13H2,1H3/t16-/m1/s1. The maximum absolute atomic E-state index is 14.2. The van der Waals surface area contributed by atoms with E-state index < -0.39 is 5.82 Å². The highest BCUT2D eigenvalue weighted by Gasteiger charge is 2.29. The van der Waals surface area contributed by atoms with Gasteiger partial charge in [-0.1, -0.05) is 6.07 Å². The second kappa shape index (κ2) is 8.08. The zero-order valence-electron chi connectivity index (χ0n) is 14.5. The Kier molecular flexibility index (Phi) is 5.85. The lowest BCUT2D eigenvalue weighted by atomic mass is 9.97. The molecular formula is C19H27FN2O2. The van der Waals surface area contributed by atoms with Gasteiger partial charge in [0.2, 0.25) is 0 Å². The van der Waals surface area contributed by atoms with Crippen molar-refractivity contribution in [1.29, 1.82) is 0 Å². The van der Waals surface area contributed by atoms with Crippen LogP contribution in [0.15, 0.2) is 18.2 Å². The molecule has 1 aromatic rings. The molecule has 2 saturated heterocycles. The van der Waals surface area contributed by atoms with Gasteiger partial charge < -0.3 is 9.64 Å². The summed E-state index contributed by atoms with van der Waals surface area (Å²) in [5.41, 5.74) is 1.05. The van der Waals surface area contributed by atoms with Crippen LogP contribution >= 0.6 is 0 Å². The molecule has 5 heteroatoms. The Bertz CT molecular complexity index is 572. The van der Waals surface area contributed by atoms with E-state index in [1.165, 1.54) is 6.07 Å². The Labute approximate surface area is 143 Å². The van der Waals surface area contributed by atoms with Gasteiger partial charge in [0.25, 0.3) is 5.91 Å². The Morgan fingerprint density at radius 1 is 1.25 bits per heavy atom. The zero-order chi connectivity index (χ0) is 16.9. The summed E-state index contributed by atoms with van der Waals surface area (Å²) in [6, 6.07) is 5.10. The van der Waals surface area contributed by atoms with E-state index >= 15 is 0 Å². The summed E-state index contributed by atoms with van der Waals surface area (Å²) in [5.74, 6) is -0.559. The number of halogens is 1. The Hall–Kier alpha value is -1.46. The first-order chi connectivity index (χ1) is 11.6. The molecule has 0 unspecified atom stereocenters. The van der Waals surface area contributed by atoms with Crippen molar-refractivity contribution >= 4 is 5.91 Å². The molecule has 2 fully saturated rings. The molecule has 1 amide bonds. The van der Waals surface area contributed by atoms with E-state index in [0.717, 1.165) is 70.6 Å². The lowest BCUT2D eigenvalue weighted by molar-refractivity contribution is 0.0295. The summed E-state index contributed by atoms with van der Waals surface area (Å²) in [6.07, 6.45) is 4.13. The maximum atomic E-state index is 14.2. The van der Waals surface area contributed by atoms with Gasteiger partial charge >= 0.3 is 0 Å². The molecule has 24 heavy (non-hydrogen) atoms. The first kappa shape index (κ1) is 17.4. The largest absolute Gasteiger partial charge is 0.379 e. The molecule has 0 aliphatic carbocycles. The predicted molar refractivity (Wildman–Crippen MR) is 91.7 cm³/mol. The van der Waals surface area contributed by atoms with E-state index in [2.05, 4.69) is 4.90 Å². The summed E-state index contributed by atoms with van der Waals surface area (Å²) in [6.45, 7) is 7.07. The van der Waals surface area contributed by atoms with Crippen molar-refractivity contribution in [3.63, 3.8) is 0 Å². The number of piperidine rings is 1. The van der Waals surface area contributed by atoms with E-state index in [0.29, 0.717) is 0 Å². The van der Waals surface area contributed by atoms with Crippen LogP contribution in [0.4, 0.5) is 4.39 Å². The first-order valence-electron chi connectivity index (χ1n) is 9.02. The highest BCUT2D eigenvalue weighted by Crippen LogP contribution is 2.23. The van der Waals surface area contributed by atoms with Gasteiger partial charge in [0.15, 0.2) is 0 Å². The van der Waals surface area contributed by atoms with Crippen LogP contribution in [0.3, 0.4) is 0 Å². The van der Waals surface area contributed by atoms with E-state index in [1.807, 2.05) is 17.9 Å². The number of hydrogen-bond acceptors (Lipinski definition) is 3. The number of carbonyl (C=O) groups excluding carboxylic acids is 1. The van der Waals surface area contributed by atoms with Crippen molar-refractivity contribution in [1.82, 2.24) is 9.80 Å². The van der Waals surface area contributed by atoms with Gasteiger partial charge in [-0.15, -0.1) is 0 Å². The topological polar surface area (TPSA) is 32.8 Å². The third kappa shape index (κ3) is 4.14. The Morgan fingerprint density at radius 2 is 2.04 bits per heavy atom. The van der Waals surface area contributed by atoms with Crippen LogP contribution < -0.4 is 0 Å². The van der Waals surface area contributed by atoms with E-state index in [9.17, 15) is 9.18 Å². The average Bonchev–Trinajstić information content (AvgIpc) is 2.60. The number of hydrogen-bond donors (Lipinski definition) is 0. The van der Waals surface area contributed by atoms with Crippen molar-refractivity contribution in [2.75, 3.05) is 39.4 Å². The highest BCUT2D eigenvalue weighted by atomic mass is 19.1. The molecule has 2 aliphatic rings. The molecule has 2 aliphatic heterocycles. The molecule has 0 bridgehead atoms. The van der Waals surface area contributed by atoms with Crippen LogP contribution in [0.2, 0.25) is 0 Å². The van der Waals surface area contributed by atoms with Gasteiger partial charge in [-0.2, -0.15) is 0 Å². The molecule has 0 radical (unpaired) electrons. The minimum atomic E-state index is -0.405. The van der Waals surface area contributed by atoms with Crippen LogP contribution in [0.25, 0.3) is 0 Å². The summed E-state index contributed by atoms with van der Waals surface area (Å²) in [7, 11) is 0. The summed E-state index contributed by atoms with van der Waals surface area (Å²) >= 11 is 0. The van der Waals surface area contributed by atoms with E-state index in [1.54, 1.807) is 6.07 Å². The molecule has 2 heterocycles. The number of benzene rings is 1. The van der Waals surface area contributed by atoms with Gasteiger partial charge in [0.05, 0.1) is 18.8 Å². The third-order valence-corrected chi connectivity index (χ3v) is 5.13. The molecule has 1 aromatic carbocycles. The Morgan fingerprint density at radius 3 is 2.79 bits per heavy atom. The fraction of sp³-hybridized carbons (Fsp3) is 0.632. The summed E-state index contributed by atoms with van der Waals surface area (Å²) < 4.78 is 19.6. The van der Waals surface area contributed by atoms with Crippen LogP contribution in [0, 0.1) is 12.7 Å². The predicted octanol–water partition coefficient (Wildman–Crippen LogP) is 2.85. The van der Waals surface area contributed by atoms with E-state index in [4.69, 9.17) is 4.74 Å². The number of carbonyl (C=O) groups is 1. The number of morpholine rings is 1. The number of aryl methyl sites for hydroxylation is 1. The van der Waals surface area contributed by atoms with E-state index in [-0.39, 0.29) is 17.5 Å². The van der Waals surface area contributed by atoms with Gasteiger partial charge in [-0.05, 0) is 50.3 Å². The highest BCUT2D eigenvalue weighted by molar-refractivity contribution is 5.94. The molecular weight excluding hydrogens is 307 g/mol. The molecule has 0 aromatic heterocycles. The number of rotatable bonds is 4. The number of ether oxygens (including phenoxy) is 1. The minimum Gasteiger partial charge on any atom is -0.379 e. The average molecular weight is 334 g/mol. The second-order valence-corrected chi connectivity index (χ2v) is 6.87. The number of likely N-dealkylation sites (tertiary alicyclic amines) is 1. The van der Waals surface area contributed by atoms with Crippen molar-refractivity contribution in [3.05, 3.63) is 35.1 Å². The quantitative estimate of drug-likeness (QED) is 0.849. The number of nitrogens with zero attached hydrogens (tertiary/aromatic N) is 2. The lowest BCUT2D eigenvalue weighted by Crippen LogP contribution is -2.46. The number of amides is 1. The molecule has 0 saturated carbocycles. The van der Waals surface area contributed by atoms with Crippen molar-refractivity contribution in [2.24, 2.45) is 0 Å². The minimum absolute atomic E-state index is 0.154. The Balaban J connectivity index is 1.65. The second-order valence-electron chi connectivity index (χ2n) is 6.87. The normalized spacial score (nSPS) is 22.6. The first-order valence-corrected chi connectivity index (χ1v) is 9.02. The molecule has 0 spiro atoms. The fourth-order valence-corrected chi connectivity index (χ4v) is 3.67. The van der Waals surface area contributed by atoms with Crippen molar-refractivity contribution in [3.8, 4) is 0 Å². The SMILES string of the molecule is Cc1ccc(C(=O)N2CCCC[C@@H]2CCN2CCOCC2)c(F)c1.